The van der Waals surface area contributed by atoms with Crippen molar-refractivity contribution in [3.05, 3.63) is 70.4 Å². The van der Waals surface area contributed by atoms with Gasteiger partial charge in [0.25, 0.3) is 11.6 Å². The van der Waals surface area contributed by atoms with Crippen LogP contribution in [0.2, 0.25) is 0 Å². The zero-order valence-electron chi connectivity index (χ0n) is 15.7. The minimum absolute atomic E-state index is 0.00360. The maximum Gasteiger partial charge on any atom is 0.270 e. The van der Waals surface area contributed by atoms with E-state index in [0.717, 1.165) is 0 Å². The molecule has 144 valence electrons. The van der Waals surface area contributed by atoms with Gasteiger partial charge in [0, 0.05) is 23.7 Å². The quantitative estimate of drug-likeness (QED) is 0.520. The van der Waals surface area contributed by atoms with Crippen molar-refractivity contribution in [3.8, 4) is 22.7 Å². The summed E-state index contributed by atoms with van der Waals surface area (Å²) in [7, 11) is 1.58. The maximum absolute atomic E-state index is 12.7. The molecular weight excluding hydrogens is 360 g/mol. The summed E-state index contributed by atoms with van der Waals surface area (Å²) < 4.78 is 6.73. The third-order valence-electron chi connectivity index (χ3n) is 4.05. The molecule has 3 aromatic rings. The molecule has 1 amide bonds. The number of nitro groups is 1. The number of carbonyl (C=O) groups excluding carboxylic acids is 1. The Bertz CT molecular complexity index is 992. The van der Waals surface area contributed by atoms with Crippen LogP contribution in [0.1, 0.15) is 24.3 Å². The molecule has 0 spiro atoms. The third kappa shape index (κ3) is 4.01. The van der Waals surface area contributed by atoms with E-state index >= 15 is 0 Å². The van der Waals surface area contributed by atoms with Crippen LogP contribution >= 0.6 is 0 Å². The summed E-state index contributed by atoms with van der Waals surface area (Å²) in [5.74, 6) is 0.436. The van der Waals surface area contributed by atoms with E-state index < -0.39 is 4.92 Å². The molecule has 0 aliphatic heterocycles. The van der Waals surface area contributed by atoms with Gasteiger partial charge in [-0.3, -0.25) is 14.9 Å². The fraction of sp³-hybridized carbons (Fsp3) is 0.200. The Morgan fingerprint density at radius 1 is 1.14 bits per heavy atom. The average Bonchev–Trinajstić information content (AvgIpc) is 3.13. The van der Waals surface area contributed by atoms with Crippen LogP contribution in [0, 0.1) is 10.1 Å². The second kappa shape index (κ2) is 7.91. The molecule has 8 nitrogen and oxygen atoms in total. The first-order valence-electron chi connectivity index (χ1n) is 8.69. The van der Waals surface area contributed by atoms with E-state index in [1.54, 1.807) is 54.3 Å². The summed E-state index contributed by atoms with van der Waals surface area (Å²) in [6.45, 7) is 3.76. The van der Waals surface area contributed by atoms with Gasteiger partial charge in [0.2, 0.25) is 0 Å². The third-order valence-corrected chi connectivity index (χ3v) is 4.05. The zero-order chi connectivity index (χ0) is 20.3. The number of hydrogen-bond donors (Lipinski definition) is 1. The van der Waals surface area contributed by atoms with Crippen LogP contribution in [-0.2, 0) is 0 Å². The van der Waals surface area contributed by atoms with Crippen molar-refractivity contribution >= 4 is 11.6 Å². The van der Waals surface area contributed by atoms with Crippen molar-refractivity contribution in [2.24, 2.45) is 0 Å². The molecule has 0 fully saturated rings. The summed E-state index contributed by atoms with van der Waals surface area (Å²) in [5.41, 5.74) is 2.28. The lowest BCUT2D eigenvalue weighted by Crippen LogP contribution is -2.31. The molecule has 1 heterocycles. The first-order valence-corrected chi connectivity index (χ1v) is 8.69. The van der Waals surface area contributed by atoms with E-state index in [1.807, 2.05) is 13.8 Å². The molecule has 1 N–H and O–H groups in total. The smallest absolute Gasteiger partial charge is 0.270 e. The number of carbonyl (C=O) groups is 1. The number of nitro benzene ring substituents is 1. The monoisotopic (exact) mass is 380 g/mol. The highest BCUT2D eigenvalue weighted by atomic mass is 16.6. The van der Waals surface area contributed by atoms with Crippen LogP contribution in [0.5, 0.6) is 5.75 Å². The van der Waals surface area contributed by atoms with Crippen molar-refractivity contribution < 1.29 is 14.5 Å². The van der Waals surface area contributed by atoms with Crippen LogP contribution in [0.4, 0.5) is 5.69 Å². The van der Waals surface area contributed by atoms with E-state index in [4.69, 9.17) is 4.74 Å². The van der Waals surface area contributed by atoms with Crippen LogP contribution < -0.4 is 10.1 Å². The fourth-order valence-electron chi connectivity index (χ4n) is 2.69. The predicted octanol–water partition coefficient (Wildman–Crippen LogP) is 3.59. The second-order valence-corrected chi connectivity index (χ2v) is 6.46. The molecule has 2 aromatic carbocycles. The molecule has 0 atom stereocenters. The van der Waals surface area contributed by atoms with Gasteiger partial charge in [0.1, 0.15) is 11.4 Å². The SMILES string of the molecule is COc1ccc(-n2nc(-c3ccc([N+](=O)[O-])cc3)cc2C(=O)NC(C)C)cc1. The van der Waals surface area contributed by atoms with E-state index in [2.05, 4.69) is 10.4 Å². The molecule has 0 aliphatic carbocycles. The van der Waals surface area contributed by atoms with Crippen molar-refractivity contribution in [3.63, 3.8) is 0 Å². The van der Waals surface area contributed by atoms with Gasteiger partial charge in [-0.05, 0) is 56.3 Å². The molecular formula is C20H20N4O4. The summed E-state index contributed by atoms with van der Waals surface area (Å²) in [6, 6.07) is 14.9. The Morgan fingerprint density at radius 2 is 1.79 bits per heavy atom. The zero-order valence-corrected chi connectivity index (χ0v) is 15.7. The lowest BCUT2D eigenvalue weighted by molar-refractivity contribution is -0.384. The number of non-ortho nitro benzene ring substituents is 1. The number of methoxy groups -OCH3 is 1. The number of rotatable bonds is 6. The summed E-state index contributed by atoms with van der Waals surface area (Å²) in [6.07, 6.45) is 0. The molecule has 0 saturated carbocycles. The Hall–Kier alpha value is -3.68. The number of hydrogen-bond acceptors (Lipinski definition) is 5. The molecule has 0 unspecified atom stereocenters. The normalized spacial score (nSPS) is 10.7. The van der Waals surface area contributed by atoms with Crippen molar-refractivity contribution in [2.45, 2.75) is 19.9 Å². The molecule has 8 heteroatoms. The van der Waals surface area contributed by atoms with Gasteiger partial charge in [0.05, 0.1) is 23.4 Å². The first-order chi connectivity index (χ1) is 13.4. The second-order valence-electron chi connectivity index (χ2n) is 6.46. The van der Waals surface area contributed by atoms with Crippen LogP contribution in [0.25, 0.3) is 16.9 Å². The lowest BCUT2D eigenvalue weighted by Gasteiger charge is -2.10. The Kier molecular flexibility index (Phi) is 5.39. The summed E-state index contributed by atoms with van der Waals surface area (Å²) in [5, 5.41) is 18.3. The summed E-state index contributed by atoms with van der Waals surface area (Å²) in [4.78, 5) is 23.1. The molecule has 3 rings (SSSR count). The van der Waals surface area contributed by atoms with Crippen LogP contribution in [0.3, 0.4) is 0 Å². The Balaban J connectivity index is 2.05. The minimum atomic E-state index is -0.457. The van der Waals surface area contributed by atoms with Gasteiger partial charge in [0.15, 0.2) is 0 Å². The van der Waals surface area contributed by atoms with Gasteiger partial charge >= 0.3 is 0 Å². The van der Waals surface area contributed by atoms with Gasteiger partial charge in [-0.25, -0.2) is 4.68 Å². The highest BCUT2D eigenvalue weighted by Gasteiger charge is 2.19. The number of nitrogens with zero attached hydrogens (tertiary/aromatic N) is 3. The number of nitrogens with one attached hydrogen (secondary N) is 1. The molecule has 0 radical (unpaired) electrons. The van der Waals surface area contributed by atoms with Crippen LogP contribution in [0.15, 0.2) is 54.6 Å². The van der Waals surface area contributed by atoms with Gasteiger partial charge < -0.3 is 10.1 Å². The number of amides is 1. The van der Waals surface area contributed by atoms with Crippen molar-refractivity contribution in [1.82, 2.24) is 15.1 Å². The fourth-order valence-corrected chi connectivity index (χ4v) is 2.69. The standard InChI is InChI=1S/C20H20N4O4/c1-13(2)21-20(25)19-12-18(14-4-6-16(7-5-14)24(26)27)22-23(19)15-8-10-17(28-3)11-9-15/h4-13H,1-3H3,(H,21,25). The Morgan fingerprint density at radius 3 is 2.32 bits per heavy atom. The van der Waals surface area contributed by atoms with E-state index in [9.17, 15) is 14.9 Å². The maximum atomic E-state index is 12.7. The van der Waals surface area contributed by atoms with Crippen molar-refractivity contribution in [2.75, 3.05) is 7.11 Å². The highest BCUT2D eigenvalue weighted by molar-refractivity contribution is 5.94. The molecule has 0 bridgehead atoms. The highest BCUT2D eigenvalue weighted by Crippen LogP contribution is 2.25. The lowest BCUT2D eigenvalue weighted by atomic mass is 10.1. The van der Waals surface area contributed by atoms with Crippen molar-refractivity contribution in [1.29, 1.82) is 0 Å². The van der Waals surface area contributed by atoms with Gasteiger partial charge in [-0.2, -0.15) is 5.10 Å². The molecule has 0 saturated heterocycles. The number of ether oxygens (including phenoxy) is 1. The van der Waals surface area contributed by atoms with E-state index in [-0.39, 0.29) is 17.6 Å². The molecule has 28 heavy (non-hydrogen) atoms. The number of benzene rings is 2. The molecule has 0 aliphatic rings. The minimum Gasteiger partial charge on any atom is -0.497 e. The van der Waals surface area contributed by atoms with E-state index in [1.165, 1.54) is 12.1 Å². The molecule has 1 aromatic heterocycles. The first kappa shape index (κ1) is 19.1. The van der Waals surface area contributed by atoms with Crippen LogP contribution in [-0.4, -0.2) is 33.8 Å². The van der Waals surface area contributed by atoms with Gasteiger partial charge in [-0.1, -0.05) is 0 Å². The largest absolute Gasteiger partial charge is 0.497 e. The Labute approximate surface area is 161 Å². The predicted molar refractivity (Wildman–Crippen MR) is 105 cm³/mol. The topological polar surface area (TPSA) is 99.3 Å². The van der Waals surface area contributed by atoms with E-state index in [0.29, 0.717) is 28.4 Å². The summed E-state index contributed by atoms with van der Waals surface area (Å²) >= 11 is 0. The average molecular weight is 380 g/mol. The van der Waals surface area contributed by atoms with Gasteiger partial charge in [-0.15, -0.1) is 0 Å². The number of aromatic nitrogens is 2.